The third kappa shape index (κ3) is 3.91. The van der Waals surface area contributed by atoms with Crippen LogP contribution in [0.3, 0.4) is 0 Å². The number of carbonyl (C=O) groups excluding carboxylic acids is 1. The molecule has 5 heteroatoms. The van der Waals surface area contributed by atoms with Crippen molar-refractivity contribution in [1.82, 2.24) is 10.1 Å². The highest BCUT2D eigenvalue weighted by Gasteiger charge is 2.34. The van der Waals surface area contributed by atoms with Crippen LogP contribution in [0, 0.1) is 11.2 Å². The number of benzene rings is 1. The Labute approximate surface area is 148 Å². The first-order chi connectivity index (χ1) is 11.9. The number of rotatable bonds is 2. The van der Waals surface area contributed by atoms with E-state index in [0.717, 1.165) is 43.5 Å². The molecule has 0 bridgehead atoms. The van der Waals surface area contributed by atoms with E-state index < -0.39 is 5.41 Å². The normalized spacial score (nSPS) is 18.9. The quantitative estimate of drug-likeness (QED) is 0.772. The molecule has 0 unspecified atom stereocenters. The average Bonchev–Trinajstić information content (AvgIpc) is 2.92. The molecule has 0 aliphatic carbocycles. The molecule has 1 fully saturated rings. The first-order valence-electron chi connectivity index (χ1n) is 8.90. The monoisotopic (exact) mass is 344 g/mol. The molecule has 1 aliphatic heterocycles. The summed E-state index contributed by atoms with van der Waals surface area (Å²) in [6.45, 7) is 6.59. The largest absolute Gasteiger partial charge is 0.356 e. The number of hydrogen-bond donors (Lipinski definition) is 0. The third-order valence-electron chi connectivity index (χ3n) is 4.65. The molecule has 25 heavy (non-hydrogen) atoms. The maximum Gasteiger partial charge on any atom is 0.228 e. The van der Waals surface area contributed by atoms with Gasteiger partial charge in [0, 0.05) is 23.6 Å². The Morgan fingerprint density at radius 3 is 2.60 bits per heavy atom. The van der Waals surface area contributed by atoms with E-state index in [0.29, 0.717) is 5.76 Å². The summed E-state index contributed by atoms with van der Waals surface area (Å²) in [7, 11) is 0. The van der Waals surface area contributed by atoms with Gasteiger partial charge in [0.25, 0.3) is 0 Å². The molecule has 0 spiro atoms. The number of nitrogens with zero attached hydrogens (tertiary/aromatic N) is 2. The molecule has 1 saturated heterocycles. The summed E-state index contributed by atoms with van der Waals surface area (Å²) in [6, 6.07) is 7.96. The molecular formula is C20H25FN2O2. The Morgan fingerprint density at radius 2 is 1.92 bits per heavy atom. The summed E-state index contributed by atoms with van der Waals surface area (Å²) in [4.78, 5) is 14.9. The fraction of sp³-hybridized carbons (Fsp3) is 0.500. The van der Waals surface area contributed by atoms with Crippen molar-refractivity contribution in [3.05, 3.63) is 41.8 Å². The summed E-state index contributed by atoms with van der Waals surface area (Å²) in [6.07, 6.45) is 4.09. The Morgan fingerprint density at radius 1 is 1.20 bits per heavy atom. The zero-order valence-electron chi connectivity index (χ0n) is 15.1. The van der Waals surface area contributed by atoms with E-state index in [4.69, 9.17) is 4.52 Å². The number of aromatic nitrogens is 1. The van der Waals surface area contributed by atoms with Crippen LogP contribution in [0.1, 0.15) is 58.2 Å². The number of amides is 1. The molecule has 3 rings (SSSR count). The molecule has 2 aromatic rings. The molecule has 1 aromatic heterocycles. The lowest BCUT2D eigenvalue weighted by molar-refractivity contribution is -0.142. The van der Waals surface area contributed by atoms with Crippen LogP contribution in [0.5, 0.6) is 0 Å². The second kappa shape index (κ2) is 6.98. The van der Waals surface area contributed by atoms with Gasteiger partial charge in [-0.25, -0.2) is 4.39 Å². The molecule has 4 nitrogen and oxygen atoms in total. The first-order valence-corrected chi connectivity index (χ1v) is 8.90. The summed E-state index contributed by atoms with van der Waals surface area (Å²) >= 11 is 0. The van der Waals surface area contributed by atoms with Gasteiger partial charge in [0.2, 0.25) is 5.91 Å². The lowest BCUT2D eigenvalue weighted by Crippen LogP contribution is -2.41. The molecule has 0 radical (unpaired) electrons. The van der Waals surface area contributed by atoms with E-state index >= 15 is 0 Å². The summed E-state index contributed by atoms with van der Waals surface area (Å²) in [5, 5.41) is 4.23. The number of hydrogen-bond acceptors (Lipinski definition) is 3. The molecule has 1 aromatic carbocycles. The van der Waals surface area contributed by atoms with E-state index in [1.165, 1.54) is 12.1 Å². The van der Waals surface area contributed by atoms with Gasteiger partial charge in [-0.3, -0.25) is 4.79 Å². The van der Waals surface area contributed by atoms with Gasteiger partial charge in [0.05, 0.1) is 6.04 Å². The second-order valence-electron chi connectivity index (χ2n) is 7.74. The van der Waals surface area contributed by atoms with E-state index in [-0.39, 0.29) is 17.8 Å². The Kier molecular flexibility index (Phi) is 4.93. The molecule has 0 N–H and O–H groups in total. The smallest absolute Gasteiger partial charge is 0.228 e. The zero-order valence-corrected chi connectivity index (χ0v) is 15.1. The minimum Gasteiger partial charge on any atom is -0.356 e. The maximum absolute atomic E-state index is 13.1. The van der Waals surface area contributed by atoms with Crippen molar-refractivity contribution >= 4 is 5.91 Å². The van der Waals surface area contributed by atoms with E-state index in [9.17, 15) is 9.18 Å². The van der Waals surface area contributed by atoms with Crippen LogP contribution in [0.4, 0.5) is 4.39 Å². The molecule has 2 heterocycles. The highest BCUT2D eigenvalue weighted by atomic mass is 19.1. The van der Waals surface area contributed by atoms with Gasteiger partial charge < -0.3 is 9.42 Å². The van der Waals surface area contributed by atoms with E-state index in [1.54, 1.807) is 12.1 Å². The van der Waals surface area contributed by atoms with Crippen LogP contribution in [-0.2, 0) is 4.79 Å². The summed E-state index contributed by atoms with van der Waals surface area (Å²) < 4.78 is 18.6. The van der Waals surface area contributed by atoms with Gasteiger partial charge in [-0.2, -0.15) is 0 Å². The molecular weight excluding hydrogens is 319 g/mol. The van der Waals surface area contributed by atoms with Crippen LogP contribution in [0.25, 0.3) is 11.3 Å². The highest BCUT2D eigenvalue weighted by Crippen LogP contribution is 2.34. The molecule has 0 saturated carbocycles. The van der Waals surface area contributed by atoms with Crippen molar-refractivity contribution in [2.75, 3.05) is 6.54 Å². The standard InChI is InChI=1S/C20H25FN2O2/c1-20(2,3)19(24)23-12-6-4-5-7-17(23)16-13-18(25-22-16)14-8-10-15(21)11-9-14/h8-11,13,17H,4-7,12H2,1-3H3/t17-/m1/s1. The second-order valence-corrected chi connectivity index (χ2v) is 7.74. The van der Waals surface area contributed by atoms with Crippen molar-refractivity contribution < 1.29 is 13.7 Å². The van der Waals surface area contributed by atoms with Crippen molar-refractivity contribution in [1.29, 1.82) is 0 Å². The van der Waals surface area contributed by atoms with Crippen molar-refractivity contribution in [2.45, 2.75) is 52.5 Å². The van der Waals surface area contributed by atoms with Gasteiger partial charge in [-0.15, -0.1) is 0 Å². The minimum atomic E-state index is -0.424. The van der Waals surface area contributed by atoms with Gasteiger partial charge in [-0.1, -0.05) is 38.8 Å². The van der Waals surface area contributed by atoms with Crippen molar-refractivity contribution in [3.8, 4) is 11.3 Å². The SMILES string of the molecule is CC(C)(C)C(=O)N1CCCCC[C@@H]1c1cc(-c2ccc(F)cc2)on1. The predicted octanol–water partition coefficient (Wildman–Crippen LogP) is 4.97. The average molecular weight is 344 g/mol. The maximum atomic E-state index is 13.1. The van der Waals surface area contributed by atoms with Crippen LogP contribution in [0.15, 0.2) is 34.9 Å². The van der Waals surface area contributed by atoms with Crippen LogP contribution in [0.2, 0.25) is 0 Å². The van der Waals surface area contributed by atoms with Crippen molar-refractivity contribution in [3.63, 3.8) is 0 Å². The van der Waals surface area contributed by atoms with Crippen LogP contribution in [-0.4, -0.2) is 22.5 Å². The van der Waals surface area contributed by atoms with E-state index in [2.05, 4.69) is 5.16 Å². The lowest BCUT2D eigenvalue weighted by Gasteiger charge is -2.33. The highest BCUT2D eigenvalue weighted by molar-refractivity contribution is 5.82. The number of halogens is 1. The Bertz CT molecular complexity index is 731. The van der Waals surface area contributed by atoms with Gasteiger partial charge in [0.15, 0.2) is 5.76 Å². The van der Waals surface area contributed by atoms with Gasteiger partial charge in [0.1, 0.15) is 11.5 Å². The van der Waals surface area contributed by atoms with Gasteiger partial charge >= 0.3 is 0 Å². The number of carbonyl (C=O) groups is 1. The first kappa shape index (κ1) is 17.6. The van der Waals surface area contributed by atoms with E-state index in [1.807, 2.05) is 31.7 Å². The topological polar surface area (TPSA) is 46.3 Å². The molecule has 1 atom stereocenters. The molecule has 1 aliphatic rings. The summed E-state index contributed by atoms with van der Waals surface area (Å²) in [5.41, 5.74) is 1.13. The zero-order chi connectivity index (χ0) is 18.0. The predicted molar refractivity (Wildman–Crippen MR) is 94.3 cm³/mol. The van der Waals surface area contributed by atoms with Crippen LogP contribution >= 0.6 is 0 Å². The Hall–Kier alpha value is -2.17. The Balaban J connectivity index is 1.89. The number of likely N-dealkylation sites (tertiary alicyclic amines) is 1. The lowest BCUT2D eigenvalue weighted by atomic mass is 9.93. The molecule has 134 valence electrons. The minimum absolute atomic E-state index is 0.0628. The summed E-state index contributed by atoms with van der Waals surface area (Å²) in [5.74, 6) is 0.461. The van der Waals surface area contributed by atoms with Gasteiger partial charge in [-0.05, 0) is 37.1 Å². The fourth-order valence-corrected chi connectivity index (χ4v) is 3.29. The van der Waals surface area contributed by atoms with Crippen molar-refractivity contribution in [2.24, 2.45) is 5.41 Å². The third-order valence-corrected chi connectivity index (χ3v) is 4.65. The fourth-order valence-electron chi connectivity index (χ4n) is 3.29. The molecule has 1 amide bonds. The van der Waals surface area contributed by atoms with Crippen LogP contribution < -0.4 is 0 Å².